The lowest BCUT2D eigenvalue weighted by Crippen LogP contribution is -2.38. The second kappa shape index (κ2) is 2.94. The Balaban J connectivity index is 3.97. The molecule has 0 aliphatic carbocycles. The Morgan fingerprint density at radius 1 is 1.67 bits per heavy atom. The Labute approximate surface area is 55.2 Å². The topological polar surface area (TPSA) is 52.3 Å². The molecule has 0 heterocycles. The van der Waals surface area contributed by atoms with E-state index in [9.17, 15) is 4.79 Å². The van der Waals surface area contributed by atoms with Crippen LogP contribution in [0.5, 0.6) is 0 Å². The van der Waals surface area contributed by atoms with Crippen LogP contribution in [-0.4, -0.2) is 25.0 Å². The number of carbonyl (C=O) groups excluding carboxylic acids is 1. The Morgan fingerprint density at radius 3 is 2.22 bits per heavy atom. The summed E-state index contributed by atoms with van der Waals surface area (Å²) in [6.45, 7) is 3.44. The van der Waals surface area contributed by atoms with E-state index < -0.39 is 5.60 Å². The molecule has 0 aromatic heterocycles. The SMILES string of the molecule is COC(C)(C)C(=O)CN. The van der Waals surface area contributed by atoms with Crippen molar-refractivity contribution < 1.29 is 9.53 Å². The second-order valence-corrected chi connectivity index (χ2v) is 2.34. The molecular weight excluding hydrogens is 118 g/mol. The number of Topliss-reactive ketones (excluding diaryl/α,β-unsaturated/α-hetero) is 1. The second-order valence-electron chi connectivity index (χ2n) is 2.34. The van der Waals surface area contributed by atoms with Crippen LogP contribution < -0.4 is 5.73 Å². The van der Waals surface area contributed by atoms with Crippen molar-refractivity contribution in [2.75, 3.05) is 13.7 Å². The van der Waals surface area contributed by atoms with Crippen molar-refractivity contribution in [3.63, 3.8) is 0 Å². The summed E-state index contributed by atoms with van der Waals surface area (Å²) in [7, 11) is 1.49. The smallest absolute Gasteiger partial charge is 0.177 e. The predicted molar refractivity (Wildman–Crippen MR) is 35.1 cm³/mol. The van der Waals surface area contributed by atoms with Crippen molar-refractivity contribution in [2.24, 2.45) is 5.73 Å². The van der Waals surface area contributed by atoms with E-state index in [2.05, 4.69) is 0 Å². The van der Waals surface area contributed by atoms with Crippen LogP contribution in [-0.2, 0) is 9.53 Å². The molecule has 0 amide bonds. The van der Waals surface area contributed by atoms with Gasteiger partial charge in [0.25, 0.3) is 0 Å². The molecule has 0 unspecified atom stereocenters. The van der Waals surface area contributed by atoms with E-state index >= 15 is 0 Å². The summed E-state index contributed by atoms with van der Waals surface area (Å²) in [6.07, 6.45) is 0. The zero-order chi connectivity index (χ0) is 7.49. The van der Waals surface area contributed by atoms with E-state index in [0.29, 0.717) is 0 Å². The average Bonchev–Trinajstić information content (AvgIpc) is 1.86. The van der Waals surface area contributed by atoms with Crippen molar-refractivity contribution in [3.05, 3.63) is 0 Å². The lowest BCUT2D eigenvalue weighted by Gasteiger charge is -2.19. The Morgan fingerprint density at radius 2 is 2.11 bits per heavy atom. The number of carbonyl (C=O) groups is 1. The first-order valence-corrected chi connectivity index (χ1v) is 2.83. The quantitative estimate of drug-likeness (QED) is 0.583. The van der Waals surface area contributed by atoms with Crippen molar-refractivity contribution in [1.29, 1.82) is 0 Å². The van der Waals surface area contributed by atoms with Gasteiger partial charge in [-0.3, -0.25) is 4.79 Å². The van der Waals surface area contributed by atoms with Crippen molar-refractivity contribution in [3.8, 4) is 0 Å². The molecule has 0 rings (SSSR count). The van der Waals surface area contributed by atoms with Crippen molar-refractivity contribution in [1.82, 2.24) is 0 Å². The summed E-state index contributed by atoms with van der Waals surface area (Å²) >= 11 is 0. The average molecular weight is 131 g/mol. The normalized spacial score (nSPS) is 11.6. The number of rotatable bonds is 3. The van der Waals surface area contributed by atoms with Gasteiger partial charge in [-0.15, -0.1) is 0 Å². The van der Waals surface area contributed by atoms with Crippen LogP contribution in [0.15, 0.2) is 0 Å². The third-order valence-electron chi connectivity index (χ3n) is 1.37. The van der Waals surface area contributed by atoms with Crippen molar-refractivity contribution >= 4 is 5.78 Å². The molecule has 0 fully saturated rings. The predicted octanol–water partition coefficient (Wildman–Crippen LogP) is -0.0608. The first kappa shape index (κ1) is 8.59. The first-order valence-electron chi connectivity index (χ1n) is 2.83. The number of hydrogen-bond acceptors (Lipinski definition) is 3. The van der Waals surface area contributed by atoms with Gasteiger partial charge in [-0.1, -0.05) is 0 Å². The van der Waals surface area contributed by atoms with Gasteiger partial charge < -0.3 is 10.5 Å². The van der Waals surface area contributed by atoms with Crippen molar-refractivity contribution in [2.45, 2.75) is 19.4 Å². The highest BCUT2D eigenvalue weighted by molar-refractivity contribution is 5.88. The zero-order valence-electron chi connectivity index (χ0n) is 6.10. The fraction of sp³-hybridized carbons (Fsp3) is 0.833. The molecule has 54 valence electrons. The zero-order valence-corrected chi connectivity index (χ0v) is 6.10. The highest BCUT2D eigenvalue weighted by Gasteiger charge is 2.24. The molecule has 0 radical (unpaired) electrons. The van der Waals surface area contributed by atoms with E-state index in [0.717, 1.165) is 0 Å². The summed E-state index contributed by atoms with van der Waals surface area (Å²) in [4.78, 5) is 10.8. The summed E-state index contributed by atoms with van der Waals surface area (Å²) in [5.41, 5.74) is 4.39. The van der Waals surface area contributed by atoms with E-state index in [1.165, 1.54) is 7.11 Å². The Bertz CT molecular complexity index is 110. The van der Waals surface area contributed by atoms with Crippen LogP contribution in [0.4, 0.5) is 0 Å². The minimum absolute atomic E-state index is 0.0425. The molecular formula is C6H13NO2. The highest BCUT2D eigenvalue weighted by Crippen LogP contribution is 2.06. The van der Waals surface area contributed by atoms with Gasteiger partial charge in [-0.25, -0.2) is 0 Å². The van der Waals surface area contributed by atoms with E-state index in [1.807, 2.05) is 0 Å². The van der Waals surface area contributed by atoms with Gasteiger partial charge in [-0.2, -0.15) is 0 Å². The molecule has 0 spiro atoms. The lowest BCUT2D eigenvalue weighted by molar-refractivity contribution is -0.135. The van der Waals surface area contributed by atoms with E-state index in [4.69, 9.17) is 10.5 Å². The number of ketones is 1. The summed E-state index contributed by atoms with van der Waals surface area (Å²) in [5.74, 6) is -0.0787. The van der Waals surface area contributed by atoms with Gasteiger partial charge in [0.2, 0.25) is 0 Å². The fourth-order valence-corrected chi connectivity index (χ4v) is 0.360. The van der Waals surface area contributed by atoms with Crippen LogP contribution in [0.2, 0.25) is 0 Å². The van der Waals surface area contributed by atoms with Crippen LogP contribution in [0.3, 0.4) is 0 Å². The number of nitrogens with two attached hydrogens (primary N) is 1. The Hall–Kier alpha value is -0.410. The van der Waals surface area contributed by atoms with Gasteiger partial charge in [0.1, 0.15) is 5.60 Å². The van der Waals surface area contributed by atoms with Crippen LogP contribution >= 0.6 is 0 Å². The summed E-state index contributed by atoms with van der Waals surface area (Å²) < 4.78 is 4.86. The monoisotopic (exact) mass is 131 g/mol. The van der Waals surface area contributed by atoms with Gasteiger partial charge in [0.05, 0.1) is 6.54 Å². The summed E-state index contributed by atoms with van der Waals surface area (Å²) in [6, 6.07) is 0. The largest absolute Gasteiger partial charge is 0.371 e. The molecule has 2 N–H and O–H groups in total. The molecule has 0 aliphatic rings. The molecule has 0 aromatic rings. The molecule has 0 saturated heterocycles. The minimum Gasteiger partial charge on any atom is -0.371 e. The molecule has 0 aliphatic heterocycles. The molecule has 0 saturated carbocycles. The van der Waals surface area contributed by atoms with Crippen LogP contribution in [0, 0.1) is 0 Å². The maximum absolute atomic E-state index is 10.8. The van der Waals surface area contributed by atoms with E-state index in [-0.39, 0.29) is 12.3 Å². The molecule has 0 aromatic carbocycles. The Kier molecular flexibility index (Phi) is 2.81. The van der Waals surface area contributed by atoms with E-state index in [1.54, 1.807) is 13.8 Å². The van der Waals surface area contributed by atoms with Gasteiger partial charge in [-0.05, 0) is 13.8 Å². The van der Waals surface area contributed by atoms with Crippen LogP contribution in [0.1, 0.15) is 13.8 Å². The molecule has 3 nitrogen and oxygen atoms in total. The molecule has 0 bridgehead atoms. The summed E-state index contributed by atoms with van der Waals surface area (Å²) in [5, 5.41) is 0. The molecule has 9 heavy (non-hydrogen) atoms. The minimum atomic E-state index is -0.714. The standard InChI is InChI=1S/C6H13NO2/c1-6(2,9-3)5(8)4-7/h4,7H2,1-3H3. The van der Waals surface area contributed by atoms with Gasteiger partial charge in [0, 0.05) is 7.11 Å². The van der Waals surface area contributed by atoms with Gasteiger partial charge >= 0.3 is 0 Å². The third-order valence-corrected chi connectivity index (χ3v) is 1.37. The van der Waals surface area contributed by atoms with Crippen LogP contribution in [0.25, 0.3) is 0 Å². The lowest BCUT2D eigenvalue weighted by atomic mass is 10.0. The highest BCUT2D eigenvalue weighted by atomic mass is 16.5. The third kappa shape index (κ3) is 2.11. The number of methoxy groups -OCH3 is 1. The fourth-order valence-electron chi connectivity index (χ4n) is 0.360. The molecule has 0 atom stereocenters. The van der Waals surface area contributed by atoms with Gasteiger partial charge in [0.15, 0.2) is 5.78 Å². The maximum atomic E-state index is 10.8. The molecule has 3 heteroatoms. The number of ether oxygens (including phenoxy) is 1. The maximum Gasteiger partial charge on any atom is 0.177 e. The number of hydrogen-bond donors (Lipinski definition) is 1. The first-order chi connectivity index (χ1) is 4.04.